The highest BCUT2D eigenvalue weighted by atomic mass is 16.3. The second-order valence-electron chi connectivity index (χ2n) is 6.42. The molecule has 18 heavy (non-hydrogen) atoms. The van der Waals surface area contributed by atoms with E-state index >= 15 is 0 Å². The molecule has 0 aromatic rings. The minimum Gasteiger partial charge on any atom is -0.396 e. The average Bonchev–Trinajstić information content (AvgIpc) is 2.58. The van der Waals surface area contributed by atoms with Crippen molar-refractivity contribution in [2.75, 3.05) is 6.61 Å². The topological polar surface area (TPSA) is 61.4 Å². The van der Waals surface area contributed by atoms with Crippen molar-refractivity contribution in [1.29, 1.82) is 0 Å². The van der Waals surface area contributed by atoms with Crippen molar-refractivity contribution < 1.29 is 9.90 Å². The van der Waals surface area contributed by atoms with Crippen LogP contribution < -0.4 is 10.6 Å². The van der Waals surface area contributed by atoms with Gasteiger partial charge in [-0.25, -0.2) is 4.79 Å². The van der Waals surface area contributed by atoms with Crippen molar-refractivity contribution in [2.45, 2.75) is 71.4 Å². The lowest BCUT2D eigenvalue weighted by atomic mass is 9.87. The largest absolute Gasteiger partial charge is 0.396 e. The van der Waals surface area contributed by atoms with Crippen molar-refractivity contribution in [3.8, 4) is 0 Å². The van der Waals surface area contributed by atoms with Crippen molar-refractivity contribution in [3.63, 3.8) is 0 Å². The summed E-state index contributed by atoms with van der Waals surface area (Å²) >= 11 is 0. The van der Waals surface area contributed by atoms with E-state index in [1.807, 2.05) is 13.8 Å². The van der Waals surface area contributed by atoms with Crippen molar-refractivity contribution in [1.82, 2.24) is 10.6 Å². The Morgan fingerprint density at radius 3 is 2.61 bits per heavy atom. The fourth-order valence-corrected chi connectivity index (χ4v) is 2.64. The third-order valence-electron chi connectivity index (χ3n) is 4.42. The smallest absolute Gasteiger partial charge is 0.315 e. The van der Waals surface area contributed by atoms with Crippen molar-refractivity contribution in [2.24, 2.45) is 5.41 Å². The van der Waals surface area contributed by atoms with Gasteiger partial charge in [0.2, 0.25) is 0 Å². The molecule has 1 aliphatic rings. The van der Waals surface area contributed by atoms with Crippen LogP contribution in [0.4, 0.5) is 4.79 Å². The number of aliphatic hydroxyl groups is 1. The Morgan fingerprint density at radius 2 is 2.17 bits per heavy atom. The third-order valence-corrected chi connectivity index (χ3v) is 4.42. The molecule has 0 bridgehead atoms. The van der Waals surface area contributed by atoms with Gasteiger partial charge < -0.3 is 15.7 Å². The molecule has 0 aromatic carbocycles. The maximum Gasteiger partial charge on any atom is 0.315 e. The molecule has 106 valence electrons. The molecule has 0 radical (unpaired) electrons. The highest BCUT2D eigenvalue weighted by Crippen LogP contribution is 2.37. The summed E-state index contributed by atoms with van der Waals surface area (Å²) in [4.78, 5) is 12.0. The summed E-state index contributed by atoms with van der Waals surface area (Å²) in [6, 6.07) is 0.153. The van der Waals surface area contributed by atoms with Crippen LogP contribution in [0.5, 0.6) is 0 Å². The van der Waals surface area contributed by atoms with E-state index in [4.69, 9.17) is 5.11 Å². The molecule has 4 nitrogen and oxygen atoms in total. The lowest BCUT2D eigenvalue weighted by Crippen LogP contribution is -2.54. The highest BCUT2D eigenvalue weighted by molar-refractivity contribution is 5.75. The van der Waals surface area contributed by atoms with E-state index in [2.05, 4.69) is 24.5 Å². The zero-order valence-corrected chi connectivity index (χ0v) is 12.2. The zero-order chi connectivity index (χ0) is 13.8. The Hall–Kier alpha value is -0.770. The monoisotopic (exact) mass is 256 g/mol. The van der Waals surface area contributed by atoms with Crippen LogP contribution in [0.2, 0.25) is 0 Å². The van der Waals surface area contributed by atoms with Gasteiger partial charge in [0.25, 0.3) is 0 Å². The molecule has 1 fully saturated rings. The summed E-state index contributed by atoms with van der Waals surface area (Å²) in [6.07, 6.45) is 4.81. The van der Waals surface area contributed by atoms with E-state index in [0.717, 1.165) is 12.8 Å². The number of hydrogen-bond donors (Lipinski definition) is 3. The van der Waals surface area contributed by atoms with E-state index in [-0.39, 0.29) is 29.6 Å². The van der Waals surface area contributed by atoms with Crippen LogP contribution >= 0.6 is 0 Å². The zero-order valence-electron chi connectivity index (χ0n) is 12.2. The number of hydrogen-bond acceptors (Lipinski definition) is 2. The first-order chi connectivity index (χ1) is 8.33. The van der Waals surface area contributed by atoms with E-state index in [1.54, 1.807) is 0 Å². The number of aliphatic hydroxyl groups excluding tert-OH is 1. The Bertz CT molecular complexity index is 292. The number of urea groups is 1. The van der Waals surface area contributed by atoms with Crippen LogP contribution in [-0.2, 0) is 0 Å². The first kappa shape index (κ1) is 15.3. The van der Waals surface area contributed by atoms with Crippen LogP contribution in [0, 0.1) is 5.41 Å². The van der Waals surface area contributed by atoms with Crippen molar-refractivity contribution in [3.05, 3.63) is 0 Å². The fourth-order valence-electron chi connectivity index (χ4n) is 2.64. The first-order valence-electron chi connectivity index (χ1n) is 7.02. The summed E-state index contributed by atoms with van der Waals surface area (Å²) in [5, 5.41) is 15.1. The Morgan fingerprint density at radius 1 is 1.50 bits per heavy atom. The second kappa shape index (κ2) is 5.91. The van der Waals surface area contributed by atoms with Gasteiger partial charge in [-0.1, -0.05) is 27.2 Å². The Kier molecular flexibility index (Phi) is 5.02. The van der Waals surface area contributed by atoms with Gasteiger partial charge in [-0.05, 0) is 38.0 Å². The van der Waals surface area contributed by atoms with Crippen LogP contribution in [0.3, 0.4) is 0 Å². The van der Waals surface area contributed by atoms with E-state index in [9.17, 15) is 4.79 Å². The molecule has 0 saturated heterocycles. The molecule has 0 aliphatic heterocycles. The summed E-state index contributed by atoms with van der Waals surface area (Å²) in [7, 11) is 0. The van der Waals surface area contributed by atoms with Gasteiger partial charge in [-0.3, -0.25) is 0 Å². The molecular formula is C14H28N2O2. The molecule has 4 heteroatoms. The van der Waals surface area contributed by atoms with Gasteiger partial charge in [0.05, 0.1) is 0 Å². The fraction of sp³-hybridized carbons (Fsp3) is 0.929. The van der Waals surface area contributed by atoms with Crippen LogP contribution in [0.25, 0.3) is 0 Å². The first-order valence-corrected chi connectivity index (χ1v) is 7.02. The van der Waals surface area contributed by atoms with E-state index < -0.39 is 0 Å². The normalized spacial score (nSPS) is 25.5. The molecule has 3 N–H and O–H groups in total. The third kappa shape index (κ3) is 3.87. The molecule has 2 unspecified atom stereocenters. The minimum absolute atomic E-state index is 0.0968. The number of carbonyl (C=O) groups is 1. The molecule has 1 saturated carbocycles. The highest BCUT2D eigenvalue weighted by Gasteiger charge is 2.36. The molecule has 2 amide bonds. The minimum atomic E-state index is -0.318. The summed E-state index contributed by atoms with van der Waals surface area (Å²) in [5.74, 6) is 0. The van der Waals surface area contributed by atoms with Crippen LogP contribution in [0.15, 0.2) is 0 Å². The van der Waals surface area contributed by atoms with Crippen LogP contribution in [-0.4, -0.2) is 29.3 Å². The second-order valence-corrected chi connectivity index (χ2v) is 6.42. The Balaban J connectivity index is 2.51. The molecule has 0 spiro atoms. The quantitative estimate of drug-likeness (QED) is 0.707. The molecule has 1 rings (SSSR count). The van der Waals surface area contributed by atoms with E-state index in [0.29, 0.717) is 6.42 Å². The molecule has 0 aromatic heterocycles. The molecule has 0 heterocycles. The van der Waals surface area contributed by atoms with Gasteiger partial charge in [0.15, 0.2) is 0 Å². The number of carbonyl (C=O) groups excluding carboxylic acids is 1. The predicted molar refractivity (Wildman–Crippen MR) is 73.5 cm³/mol. The SMILES string of the molecule is CCC(C)(CCO)NC(=O)NC1CCCC1(C)C. The predicted octanol–water partition coefficient (Wildman–Crippen LogP) is 2.42. The Labute approximate surface area is 111 Å². The van der Waals surface area contributed by atoms with Crippen LogP contribution in [0.1, 0.15) is 59.8 Å². The summed E-state index contributed by atoms with van der Waals surface area (Å²) < 4.78 is 0. The maximum absolute atomic E-state index is 12.0. The summed E-state index contributed by atoms with van der Waals surface area (Å²) in [6.45, 7) is 8.51. The lowest BCUT2D eigenvalue weighted by molar-refractivity contribution is 0.191. The van der Waals surface area contributed by atoms with Gasteiger partial charge in [-0.2, -0.15) is 0 Å². The van der Waals surface area contributed by atoms with Gasteiger partial charge in [0, 0.05) is 18.2 Å². The number of nitrogens with one attached hydrogen (secondary N) is 2. The lowest BCUT2D eigenvalue weighted by Gasteiger charge is -2.32. The van der Waals surface area contributed by atoms with Crippen molar-refractivity contribution >= 4 is 6.03 Å². The van der Waals surface area contributed by atoms with Gasteiger partial charge in [0.1, 0.15) is 0 Å². The van der Waals surface area contributed by atoms with E-state index in [1.165, 1.54) is 12.8 Å². The maximum atomic E-state index is 12.0. The standard InChI is InChI=1S/C14H28N2O2/c1-5-14(4,9-10-17)16-12(18)15-11-7-6-8-13(11,2)3/h11,17H,5-10H2,1-4H3,(H2,15,16,18). The van der Waals surface area contributed by atoms with Gasteiger partial charge in [-0.15, -0.1) is 0 Å². The summed E-state index contributed by atoms with van der Waals surface area (Å²) in [5.41, 5.74) is -0.126. The molecular weight excluding hydrogens is 228 g/mol. The van der Waals surface area contributed by atoms with Gasteiger partial charge >= 0.3 is 6.03 Å². The number of amides is 2. The average molecular weight is 256 g/mol. The molecule has 2 atom stereocenters. The molecule has 1 aliphatic carbocycles. The number of rotatable bonds is 5.